The van der Waals surface area contributed by atoms with Gasteiger partial charge in [-0.25, -0.2) is 0 Å². The first-order valence-corrected chi connectivity index (χ1v) is 14.3. The van der Waals surface area contributed by atoms with E-state index in [1.165, 1.54) is 0 Å². The molecule has 2 aromatic carbocycles. The predicted molar refractivity (Wildman–Crippen MR) is 149 cm³/mol. The van der Waals surface area contributed by atoms with E-state index in [1.807, 2.05) is 61.5 Å². The maximum atomic E-state index is 14.2. The van der Waals surface area contributed by atoms with E-state index >= 15 is 0 Å². The van der Waals surface area contributed by atoms with E-state index in [2.05, 4.69) is 17.6 Å². The van der Waals surface area contributed by atoms with Crippen LogP contribution in [0.2, 0.25) is 5.02 Å². The molecule has 1 spiro atoms. The van der Waals surface area contributed by atoms with Crippen LogP contribution >= 0.6 is 11.6 Å². The monoisotopic (exact) mass is 547 g/mol. The zero-order valence-electron chi connectivity index (χ0n) is 22.2. The summed E-state index contributed by atoms with van der Waals surface area (Å²) < 4.78 is 6.47. The predicted octanol–water partition coefficient (Wildman–Crippen LogP) is 4.63. The summed E-state index contributed by atoms with van der Waals surface area (Å²) in [4.78, 5) is 43.5. The van der Waals surface area contributed by atoms with Crippen molar-refractivity contribution in [3.8, 4) is 0 Å². The Kier molecular flexibility index (Phi) is 6.76. The highest BCUT2D eigenvalue weighted by Gasteiger charge is 2.72. The number of ether oxygens (including phenoxy) is 1. The van der Waals surface area contributed by atoms with E-state index in [4.69, 9.17) is 16.3 Å². The number of rotatable bonds is 6. The largest absolute Gasteiger partial charge is 0.359 e. The molecule has 204 valence electrons. The van der Waals surface area contributed by atoms with Crippen LogP contribution in [0.5, 0.6) is 0 Å². The van der Waals surface area contributed by atoms with Crippen molar-refractivity contribution in [1.29, 1.82) is 0 Å². The second-order valence-electron chi connectivity index (χ2n) is 11.5. The number of hydrogen-bond acceptors (Lipinski definition) is 4. The van der Waals surface area contributed by atoms with Gasteiger partial charge in [-0.3, -0.25) is 14.4 Å². The van der Waals surface area contributed by atoms with Crippen molar-refractivity contribution in [3.05, 3.63) is 76.8 Å². The first kappa shape index (κ1) is 26.1. The van der Waals surface area contributed by atoms with E-state index < -0.39 is 29.6 Å². The number of hydrogen-bond donors (Lipinski definition) is 2. The number of fused-ring (bicyclic) bond motifs is 1. The van der Waals surface area contributed by atoms with Gasteiger partial charge < -0.3 is 20.3 Å². The molecule has 4 aliphatic rings. The molecule has 0 radical (unpaired) electrons. The third-order valence-electron chi connectivity index (χ3n) is 8.95. The number of likely N-dealkylation sites (tertiary alicyclic amines) is 1. The fraction of sp³-hybridized carbons (Fsp3) is 0.452. The second-order valence-corrected chi connectivity index (χ2v) is 11.9. The van der Waals surface area contributed by atoms with Crippen molar-refractivity contribution >= 4 is 35.0 Å². The number of amides is 3. The van der Waals surface area contributed by atoms with Gasteiger partial charge in [0.25, 0.3) is 0 Å². The Morgan fingerprint density at radius 1 is 1.10 bits per heavy atom. The molecule has 3 heterocycles. The fourth-order valence-electron chi connectivity index (χ4n) is 6.99. The number of benzene rings is 2. The number of nitrogens with zero attached hydrogens (tertiary/aromatic N) is 1. The van der Waals surface area contributed by atoms with Crippen molar-refractivity contribution in [2.24, 2.45) is 17.8 Å². The smallest absolute Gasteiger partial charge is 0.246 e. The van der Waals surface area contributed by atoms with Crippen LogP contribution < -0.4 is 10.6 Å². The minimum absolute atomic E-state index is 0.0435. The van der Waals surface area contributed by atoms with Gasteiger partial charge in [0.15, 0.2) is 0 Å². The molecule has 39 heavy (non-hydrogen) atoms. The summed E-state index contributed by atoms with van der Waals surface area (Å²) in [5.74, 6) is -1.98. The lowest BCUT2D eigenvalue weighted by Gasteiger charge is -2.36. The maximum Gasteiger partial charge on any atom is 0.246 e. The average Bonchev–Trinajstić information content (AvgIpc) is 3.54. The van der Waals surface area contributed by atoms with Crippen molar-refractivity contribution in [1.82, 2.24) is 10.2 Å². The molecule has 2 bridgehead atoms. The van der Waals surface area contributed by atoms with E-state index in [0.717, 1.165) is 36.8 Å². The molecule has 1 aliphatic carbocycles. The van der Waals surface area contributed by atoms with Crippen LogP contribution in [0.1, 0.15) is 43.7 Å². The average molecular weight is 548 g/mol. The molecule has 7 nitrogen and oxygen atoms in total. The van der Waals surface area contributed by atoms with Gasteiger partial charge in [-0.2, -0.15) is 0 Å². The number of halogens is 1. The molecular weight excluding hydrogens is 514 g/mol. The quantitative estimate of drug-likeness (QED) is 0.516. The summed E-state index contributed by atoms with van der Waals surface area (Å²) in [5.41, 5.74) is 1.22. The van der Waals surface area contributed by atoms with Gasteiger partial charge in [0.2, 0.25) is 17.7 Å². The highest BCUT2D eigenvalue weighted by Crippen LogP contribution is 2.55. The zero-order valence-corrected chi connectivity index (χ0v) is 23.0. The molecule has 6 rings (SSSR count). The standard InChI is InChI=1S/C31H34ClN3O4/c1-18-8-7-11-21(16-18)33-28(36)25-24-14-15-31(39-24)26(25)30(38)35(17-20-10-4-5-12-22(20)32)27(31)29(37)34-23-13-6-3-9-19(23)2/h4-5,7-8,10-12,14-16,19,23-27H,3,6,9,13,17H2,1-2H3,(H,33,36)(H,34,37)/t19-,23-,24-,25+,26-,27-,31-/m1/s1. The van der Waals surface area contributed by atoms with E-state index in [9.17, 15) is 14.4 Å². The summed E-state index contributed by atoms with van der Waals surface area (Å²) in [6.07, 6.45) is 7.31. The minimum Gasteiger partial charge on any atom is -0.359 e. The van der Waals surface area contributed by atoms with Crippen LogP contribution in [0.25, 0.3) is 0 Å². The maximum absolute atomic E-state index is 14.2. The van der Waals surface area contributed by atoms with Crippen LogP contribution in [0.15, 0.2) is 60.7 Å². The lowest BCUT2D eigenvalue weighted by Crippen LogP contribution is -2.57. The Bertz CT molecular complexity index is 1340. The number of carbonyl (C=O) groups excluding carboxylic acids is 3. The number of anilines is 1. The Labute approximate surface area is 233 Å². The van der Waals surface area contributed by atoms with Crippen LogP contribution in [-0.2, 0) is 25.7 Å². The normalized spacial score (nSPS) is 32.8. The molecule has 3 amide bonds. The molecule has 2 saturated heterocycles. The summed E-state index contributed by atoms with van der Waals surface area (Å²) >= 11 is 6.48. The SMILES string of the molecule is Cc1cccc(NC(=O)[C@H]2[C@H]3C=C[C@@]4(O3)[C@H]2C(=O)N(Cc2ccccc2Cl)[C@@H]4C(=O)N[C@@H]2CCCC[C@H]2C)c1. The van der Waals surface area contributed by atoms with Crippen molar-refractivity contribution in [2.45, 2.75) is 69.9 Å². The van der Waals surface area contributed by atoms with E-state index in [-0.39, 0.29) is 30.3 Å². The molecular formula is C31H34ClN3O4. The van der Waals surface area contributed by atoms with E-state index in [0.29, 0.717) is 16.6 Å². The molecule has 8 heteroatoms. The van der Waals surface area contributed by atoms with Gasteiger partial charge in [0.05, 0.1) is 17.9 Å². The van der Waals surface area contributed by atoms with Crippen LogP contribution in [0, 0.1) is 24.7 Å². The Morgan fingerprint density at radius 2 is 1.90 bits per heavy atom. The van der Waals surface area contributed by atoms with Crippen LogP contribution in [0.4, 0.5) is 5.69 Å². The minimum atomic E-state index is -1.21. The van der Waals surface area contributed by atoms with Crippen molar-refractivity contribution in [3.63, 3.8) is 0 Å². The number of nitrogens with one attached hydrogen (secondary N) is 2. The Hall–Kier alpha value is -3.16. The van der Waals surface area contributed by atoms with E-state index in [1.54, 1.807) is 11.0 Å². The highest BCUT2D eigenvalue weighted by molar-refractivity contribution is 6.31. The lowest BCUT2D eigenvalue weighted by molar-refractivity contribution is -0.142. The second kappa shape index (κ2) is 10.1. The van der Waals surface area contributed by atoms with Crippen LogP contribution in [0.3, 0.4) is 0 Å². The number of aryl methyl sites for hydroxylation is 1. The summed E-state index contributed by atoms with van der Waals surface area (Å²) in [6, 6.07) is 14.0. The van der Waals surface area contributed by atoms with Gasteiger partial charge in [0, 0.05) is 23.3 Å². The topological polar surface area (TPSA) is 87.7 Å². The van der Waals surface area contributed by atoms with Crippen LogP contribution in [-0.4, -0.2) is 46.4 Å². The number of carbonyl (C=O) groups is 3. The zero-order chi connectivity index (χ0) is 27.3. The first-order valence-electron chi connectivity index (χ1n) is 13.9. The molecule has 2 N–H and O–H groups in total. The van der Waals surface area contributed by atoms with Crippen molar-refractivity contribution in [2.75, 3.05) is 5.32 Å². The molecule has 2 aromatic rings. The Morgan fingerprint density at radius 3 is 2.67 bits per heavy atom. The molecule has 7 atom stereocenters. The molecule has 3 aliphatic heterocycles. The Balaban J connectivity index is 1.34. The molecule has 0 unspecified atom stereocenters. The van der Waals surface area contributed by atoms with Gasteiger partial charge in [0.1, 0.15) is 11.6 Å². The third-order valence-corrected chi connectivity index (χ3v) is 9.32. The summed E-state index contributed by atoms with van der Waals surface area (Å²) in [6.45, 7) is 4.27. The molecule has 1 saturated carbocycles. The summed E-state index contributed by atoms with van der Waals surface area (Å²) in [5, 5.41) is 6.77. The van der Waals surface area contributed by atoms with Gasteiger partial charge >= 0.3 is 0 Å². The first-order chi connectivity index (χ1) is 18.8. The third kappa shape index (κ3) is 4.45. The highest BCUT2D eigenvalue weighted by atomic mass is 35.5. The molecule has 3 fully saturated rings. The van der Waals surface area contributed by atoms with Gasteiger partial charge in [-0.05, 0) is 55.0 Å². The van der Waals surface area contributed by atoms with Crippen molar-refractivity contribution < 1.29 is 19.1 Å². The summed E-state index contributed by atoms with van der Waals surface area (Å²) in [7, 11) is 0. The van der Waals surface area contributed by atoms with Gasteiger partial charge in [-0.1, -0.05) is 73.9 Å². The molecule has 0 aromatic heterocycles. The fourth-order valence-corrected chi connectivity index (χ4v) is 7.18. The lowest BCUT2D eigenvalue weighted by atomic mass is 9.74. The van der Waals surface area contributed by atoms with Gasteiger partial charge in [-0.15, -0.1) is 0 Å².